The van der Waals surface area contributed by atoms with E-state index in [0.717, 1.165) is 12.1 Å². The molecule has 0 atom stereocenters. The second-order valence-corrected chi connectivity index (χ2v) is 4.68. The lowest BCUT2D eigenvalue weighted by Crippen LogP contribution is -2.29. The van der Waals surface area contributed by atoms with Gasteiger partial charge >= 0.3 is 15.5 Å². The van der Waals surface area contributed by atoms with Crippen LogP contribution in [0.2, 0.25) is 0 Å². The zero-order valence-corrected chi connectivity index (χ0v) is 9.39. The molecular weight excluding hydrogens is 261 g/mol. The van der Waals surface area contributed by atoms with Crippen LogP contribution in [0, 0.1) is 0 Å². The first-order valence-electron chi connectivity index (χ1n) is 4.20. The van der Waals surface area contributed by atoms with Crippen LogP contribution in [-0.4, -0.2) is 21.0 Å². The summed E-state index contributed by atoms with van der Waals surface area (Å²) in [6.45, 7) is 0. The minimum absolute atomic E-state index is 0.0230. The number of sulfonamides is 1. The molecule has 0 bridgehead atoms. The summed E-state index contributed by atoms with van der Waals surface area (Å²) in [7, 11) is -4.11. The van der Waals surface area contributed by atoms with E-state index in [1.807, 2.05) is 0 Å². The van der Waals surface area contributed by atoms with Crippen LogP contribution in [0.3, 0.4) is 0 Å². The number of methoxy groups -OCH3 is 1. The molecule has 5 nitrogen and oxygen atoms in total. The Balaban J connectivity index is 3.02. The number of halogens is 3. The molecule has 0 radical (unpaired) electrons. The molecule has 0 spiro atoms. The summed E-state index contributed by atoms with van der Waals surface area (Å²) in [6.07, 6.45) is 0. The molecule has 0 heterocycles. The summed E-state index contributed by atoms with van der Waals surface area (Å²) in [5.74, 6) is 0.236. The number of hydrogen-bond donors (Lipinski definition) is 2. The van der Waals surface area contributed by atoms with E-state index in [0.29, 0.717) is 0 Å². The minimum atomic E-state index is -5.43. The van der Waals surface area contributed by atoms with Gasteiger partial charge in [0.15, 0.2) is 0 Å². The third-order valence-electron chi connectivity index (χ3n) is 1.79. The minimum Gasteiger partial charge on any atom is -0.495 e. The third-order valence-corrected chi connectivity index (χ3v) is 2.90. The first-order chi connectivity index (χ1) is 7.67. The summed E-state index contributed by atoms with van der Waals surface area (Å²) in [5.41, 5.74) is -0.223. The Morgan fingerprint density at radius 2 is 1.94 bits per heavy atom. The van der Waals surface area contributed by atoms with Gasteiger partial charge in [0.05, 0.1) is 18.5 Å². The maximum Gasteiger partial charge on any atom is 0.516 e. The van der Waals surface area contributed by atoms with E-state index < -0.39 is 15.5 Å². The van der Waals surface area contributed by atoms with Crippen LogP contribution in [0.15, 0.2) is 18.2 Å². The lowest BCUT2D eigenvalue weighted by atomic mass is 10.2. The zero-order valence-electron chi connectivity index (χ0n) is 8.58. The number of anilines is 2. The van der Waals surface area contributed by atoms with Gasteiger partial charge in [0.2, 0.25) is 0 Å². The Kier molecular flexibility index (Phi) is 3.41. The van der Waals surface area contributed by atoms with Crippen LogP contribution in [-0.2, 0) is 10.0 Å². The molecule has 0 saturated heterocycles. The number of ether oxygens (including phenoxy) is 1. The number of alkyl halides is 3. The Morgan fingerprint density at radius 3 is 2.35 bits per heavy atom. The molecule has 1 aromatic rings. The Morgan fingerprint density at radius 1 is 1.35 bits per heavy atom. The second-order valence-electron chi connectivity index (χ2n) is 3.01. The second kappa shape index (κ2) is 4.32. The number of rotatable bonds is 3. The van der Waals surface area contributed by atoms with Gasteiger partial charge in [0.1, 0.15) is 5.75 Å². The normalized spacial score (nSPS) is 12.2. The highest BCUT2D eigenvalue weighted by Crippen LogP contribution is 2.29. The van der Waals surface area contributed by atoms with Gasteiger partial charge in [0.25, 0.3) is 0 Å². The van der Waals surface area contributed by atoms with Gasteiger partial charge < -0.3 is 10.5 Å². The van der Waals surface area contributed by atoms with Crippen molar-refractivity contribution in [3.05, 3.63) is 18.2 Å². The highest BCUT2D eigenvalue weighted by atomic mass is 32.2. The van der Waals surface area contributed by atoms with Gasteiger partial charge in [0, 0.05) is 0 Å². The van der Waals surface area contributed by atoms with Crippen molar-refractivity contribution in [1.82, 2.24) is 0 Å². The molecule has 0 aliphatic heterocycles. The van der Waals surface area contributed by atoms with E-state index >= 15 is 0 Å². The van der Waals surface area contributed by atoms with Crippen LogP contribution in [0.25, 0.3) is 0 Å². The molecule has 96 valence electrons. The van der Waals surface area contributed by atoms with E-state index in [1.165, 1.54) is 17.9 Å². The van der Waals surface area contributed by atoms with Crippen LogP contribution in [0.5, 0.6) is 5.75 Å². The molecule has 0 aromatic heterocycles. The van der Waals surface area contributed by atoms with Gasteiger partial charge in [-0.1, -0.05) is 0 Å². The summed E-state index contributed by atoms with van der Waals surface area (Å²) in [4.78, 5) is 0. The predicted molar refractivity (Wildman–Crippen MR) is 56.0 cm³/mol. The van der Waals surface area contributed by atoms with Crippen molar-refractivity contribution in [3.8, 4) is 5.75 Å². The lowest BCUT2D eigenvalue weighted by Gasteiger charge is -2.12. The van der Waals surface area contributed by atoms with E-state index in [-0.39, 0.29) is 17.1 Å². The van der Waals surface area contributed by atoms with Crippen molar-refractivity contribution < 1.29 is 26.3 Å². The Bertz CT molecular complexity index is 513. The van der Waals surface area contributed by atoms with Crippen molar-refractivity contribution in [2.75, 3.05) is 17.6 Å². The van der Waals surface area contributed by atoms with Crippen LogP contribution in [0.4, 0.5) is 24.5 Å². The molecule has 0 aliphatic rings. The van der Waals surface area contributed by atoms with Crippen LogP contribution in [0.1, 0.15) is 0 Å². The maximum absolute atomic E-state index is 12.1. The lowest BCUT2D eigenvalue weighted by molar-refractivity contribution is -0.0429. The number of hydrogen-bond acceptors (Lipinski definition) is 4. The zero-order chi connectivity index (χ0) is 13.3. The van der Waals surface area contributed by atoms with Gasteiger partial charge in [-0.15, -0.1) is 0 Å². The van der Waals surface area contributed by atoms with Gasteiger partial charge in [-0.2, -0.15) is 21.6 Å². The maximum atomic E-state index is 12.1. The fourth-order valence-corrected chi connectivity index (χ4v) is 1.56. The summed E-state index contributed by atoms with van der Waals surface area (Å²) >= 11 is 0. The average Bonchev–Trinajstić information content (AvgIpc) is 2.15. The highest BCUT2D eigenvalue weighted by Gasteiger charge is 2.46. The molecule has 9 heteroatoms. The fraction of sp³-hybridized carbons (Fsp3) is 0.250. The molecule has 0 unspecified atom stereocenters. The molecule has 1 aromatic carbocycles. The number of nitrogen functional groups attached to an aromatic ring is 1. The van der Waals surface area contributed by atoms with E-state index in [4.69, 9.17) is 10.5 Å². The van der Waals surface area contributed by atoms with Crippen molar-refractivity contribution in [3.63, 3.8) is 0 Å². The van der Waals surface area contributed by atoms with Crippen molar-refractivity contribution in [2.24, 2.45) is 0 Å². The smallest absolute Gasteiger partial charge is 0.495 e. The van der Waals surface area contributed by atoms with E-state index in [2.05, 4.69) is 0 Å². The van der Waals surface area contributed by atoms with Crippen LogP contribution < -0.4 is 15.2 Å². The van der Waals surface area contributed by atoms with Gasteiger partial charge in [-0.05, 0) is 18.2 Å². The number of nitrogens with two attached hydrogens (primary N) is 1. The highest BCUT2D eigenvalue weighted by molar-refractivity contribution is 7.93. The SMILES string of the molecule is COc1ccc(NS(=O)(=O)C(F)(F)F)cc1N. The average molecular weight is 270 g/mol. The predicted octanol–water partition coefficient (Wildman–Crippen LogP) is 1.54. The molecule has 1 rings (SSSR count). The first-order valence-corrected chi connectivity index (χ1v) is 5.68. The number of benzene rings is 1. The van der Waals surface area contributed by atoms with Gasteiger partial charge in [-0.3, -0.25) is 4.72 Å². The molecule has 0 saturated carbocycles. The molecular formula is C8H9F3N2O3S. The van der Waals surface area contributed by atoms with E-state index in [1.54, 1.807) is 0 Å². The molecule has 0 aliphatic carbocycles. The summed E-state index contributed by atoms with van der Waals surface area (Å²) < 4.78 is 63.9. The largest absolute Gasteiger partial charge is 0.516 e. The van der Waals surface area contributed by atoms with E-state index in [9.17, 15) is 21.6 Å². The fourth-order valence-electron chi connectivity index (χ4n) is 1.01. The van der Waals surface area contributed by atoms with Crippen LogP contribution >= 0.6 is 0 Å². The van der Waals surface area contributed by atoms with Crippen molar-refractivity contribution >= 4 is 21.4 Å². The molecule has 3 N–H and O–H groups in total. The quantitative estimate of drug-likeness (QED) is 0.816. The first kappa shape index (κ1) is 13.4. The summed E-state index contributed by atoms with van der Waals surface area (Å²) in [6, 6.07) is 3.39. The number of nitrogens with one attached hydrogen (secondary N) is 1. The molecule has 17 heavy (non-hydrogen) atoms. The standard InChI is InChI=1S/C8H9F3N2O3S/c1-16-7-3-2-5(4-6(7)12)13-17(14,15)8(9,10)11/h2-4,13H,12H2,1H3. The van der Waals surface area contributed by atoms with Gasteiger partial charge in [-0.25, -0.2) is 0 Å². The molecule has 0 fully saturated rings. The summed E-state index contributed by atoms with van der Waals surface area (Å²) in [5, 5.41) is 0. The topological polar surface area (TPSA) is 81.4 Å². The Labute approximate surface area is 95.4 Å². The molecule has 0 amide bonds. The third kappa shape index (κ3) is 2.93. The van der Waals surface area contributed by atoms with Crippen molar-refractivity contribution in [2.45, 2.75) is 5.51 Å². The monoisotopic (exact) mass is 270 g/mol. The Hall–Kier alpha value is -1.64. The van der Waals surface area contributed by atoms with Crippen molar-refractivity contribution in [1.29, 1.82) is 0 Å².